The Morgan fingerprint density at radius 2 is 1.72 bits per heavy atom. The first-order valence-corrected chi connectivity index (χ1v) is 9.25. The van der Waals surface area contributed by atoms with Crippen molar-refractivity contribution in [1.82, 2.24) is 0 Å². The zero-order chi connectivity index (χ0) is 18.6. The van der Waals surface area contributed by atoms with Crippen LogP contribution in [0.15, 0.2) is 48.6 Å². The summed E-state index contributed by atoms with van der Waals surface area (Å²) in [6, 6.07) is 0. The minimum absolute atomic E-state index is 0.242. The molecule has 0 aliphatic rings. The summed E-state index contributed by atoms with van der Waals surface area (Å²) in [7, 11) is 1.29. The van der Waals surface area contributed by atoms with Gasteiger partial charge in [-0.05, 0) is 38.5 Å². The van der Waals surface area contributed by atoms with E-state index in [9.17, 15) is 9.90 Å². The van der Waals surface area contributed by atoms with Crippen molar-refractivity contribution in [3.05, 3.63) is 48.6 Å². The number of unbranched alkanes of at least 4 members (excludes halogenated alkanes) is 3. The molecule has 0 aromatic rings. The van der Waals surface area contributed by atoms with E-state index < -0.39 is 12.1 Å². The molecule has 1 N–H and O–H groups in total. The summed E-state index contributed by atoms with van der Waals surface area (Å²) in [4.78, 5) is 19.7. The third-order valence-electron chi connectivity index (χ3n) is 3.49. The minimum Gasteiger partial charge on any atom is -0.389 e. The topological polar surface area (TPSA) is 55.8 Å². The van der Waals surface area contributed by atoms with Crippen molar-refractivity contribution < 1.29 is 19.7 Å². The van der Waals surface area contributed by atoms with Crippen LogP contribution in [0.5, 0.6) is 0 Å². The van der Waals surface area contributed by atoms with Gasteiger partial charge in [-0.1, -0.05) is 68.4 Å². The number of aliphatic hydroxyl groups excluding tert-OH is 1. The summed E-state index contributed by atoms with van der Waals surface area (Å²) >= 11 is 0. The van der Waals surface area contributed by atoms with Crippen LogP contribution in [0.4, 0.5) is 0 Å². The number of carbonyl (C=O) groups is 1. The van der Waals surface area contributed by atoms with Gasteiger partial charge in [0, 0.05) is 6.42 Å². The fourth-order valence-electron chi connectivity index (χ4n) is 2.11. The molecule has 0 aliphatic heterocycles. The standard InChI is InChI=1S/C21H34O4/c1-3-4-5-6-7-8-9-10-11-12-13-14-15-17-20(22)18-16-19-21(23)25-24-2/h7-8,10-11,13-15,17,20,22H,3-6,9,12,16,18-19H2,1-2H3/b8-7+,11-10+,14-13+,17-15+. The van der Waals surface area contributed by atoms with Crippen LogP contribution in [0.25, 0.3) is 0 Å². The highest BCUT2D eigenvalue weighted by Gasteiger charge is 2.05. The van der Waals surface area contributed by atoms with Crippen LogP contribution in [0.2, 0.25) is 0 Å². The predicted molar refractivity (Wildman–Crippen MR) is 103 cm³/mol. The van der Waals surface area contributed by atoms with Crippen molar-refractivity contribution in [2.45, 2.75) is 70.8 Å². The van der Waals surface area contributed by atoms with E-state index in [0.717, 1.165) is 12.8 Å². The van der Waals surface area contributed by atoms with Gasteiger partial charge in [-0.25, -0.2) is 4.79 Å². The zero-order valence-corrected chi connectivity index (χ0v) is 15.7. The summed E-state index contributed by atoms with van der Waals surface area (Å²) in [6.45, 7) is 2.22. The molecule has 4 heteroatoms. The Balaban J connectivity index is 3.63. The molecule has 0 saturated heterocycles. The van der Waals surface area contributed by atoms with Crippen LogP contribution in [0.1, 0.15) is 64.7 Å². The Hall–Kier alpha value is -1.65. The molecule has 0 bridgehead atoms. The molecule has 0 rings (SSSR count). The van der Waals surface area contributed by atoms with Crippen LogP contribution in [0, 0.1) is 0 Å². The Kier molecular flexibility index (Phi) is 17.5. The van der Waals surface area contributed by atoms with Crippen molar-refractivity contribution in [1.29, 1.82) is 0 Å². The van der Waals surface area contributed by atoms with Crippen LogP contribution in [0.3, 0.4) is 0 Å². The van der Waals surface area contributed by atoms with E-state index >= 15 is 0 Å². The van der Waals surface area contributed by atoms with Gasteiger partial charge in [-0.3, -0.25) is 4.89 Å². The van der Waals surface area contributed by atoms with Crippen molar-refractivity contribution >= 4 is 5.97 Å². The lowest BCUT2D eigenvalue weighted by atomic mass is 10.1. The molecule has 0 fully saturated rings. The van der Waals surface area contributed by atoms with Crippen LogP contribution in [-0.4, -0.2) is 24.3 Å². The molecule has 0 spiro atoms. The molecule has 1 atom stereocenters. The Morgan fingerprint density at radius 1 is 1.00 bits per heavy atom. The highest BCUT2D eigenvalue weighted by atomic mass is 17.2. The normalized spacial score (nSPS) is 13.6. The fraction of sp³-hybridized carbons (Fsp3) is 0.571. The molecule has 0 aliphatic carbocycles. The molecule has 25 heavy (non-hydrogen) atoms. The summed E-state index contributed by atoms with van der Waals surface area (Å²) in [6.07, 6.45) is 24.0. The molecular formula is C21H34O4. The SMILES string of the molecule is CCCCC/C=C/C/C=C/C/C=C/C=C/C(O)CCCC(=O)OOC. The number of allylic oxidation sites excluding steroid dienone is 7. The number of aliphatic hydroxyl groups is 1. The first-order chi connectivity index (χ1) is 12.2. The number of rotatable bonds is 15. The van der Waals surface area contributed by atoms with Gasteiger partial charge < -0.3 is 5.11 Å². The summed E-state index contributed by atoms with van der Waals surface area (Å²) in [5.74, 6) is -0.416. The fourth-order valence-corrected chi connectivity index (χ4v) is 2.11. The maximum atomic E-state index is 11.0. The molecule has 0 aromatic heterocycles. The van der Waals surface area contributed by atoms with Gasteiger partial charge in [0.15, 0.2) is 0 Å². The smallest absolute Gasteiger partial charge is 0.342 e. The summed E-state index contributed by atoms with van der Waals surface area (Å²) in [5.41, 5.74) is 0. The highest BCUT2D eigenvalue weighted by Crippen LogP contribution is 2.04. The van der Waals surface area contributed by atoms with Crippen LogP contribution in [-0.2, 0) is 14.6 Å². The maximum Gasteiger partial charge on any atom is 0.342 e. The highest BCUT2D eigenvalue weighted by molar-refractivity contribution is 5.68. The maximum absolute atomic E-state index is 11.0. The van der Waals surface area contributed by atoms with E-state index in [-0.39, 0.29) is 6.42 Å². The van der Waals surface area contributed by atoms with Gasteiger partial charge in [0.1, 0.15) is 0 Å². The van der Waals surface area contributed by atoms with Gasteiger partial charge >= 0.3 is 5.97 Å². The third-order valence-corrected chi connectivity index (χ3v) is 3.49. The average Bonchev–Trinajstić information content (AvgIpc) is 2.59. The second-order valence-corrected chi connectivity index (χ2v) is 5.80. The number of hydrogen-bond acceptors (Lipinski definition) is 4. The molecular weight excluding hydrogens is 316 g/mol. The molecule has 0 radical (unpaired) electrons. The molecule has 142 valence electrons. The van der Waals surface area contributed by atoms with Gasteiger partial charge in [0.25, 0.3) is 0 Å². The van der Waals surface area contributed by atoms with Crippen molar-refractivity contribution in [3.8, 4) is 0 Å². The van der Waals surface area contributed by atoms with Gasteiger partial charge in [0.05, 0.1) is 13.2 Å². The molecule has 0 amide bonds. The largest absolute Gasteiger partial charge is 0.389 e. The summed E-state index contributed by atoms with van der Waals surface area (Å²) in [5, 5.41) is 9.74. The zero-order valence-electron chi connectivity index (χ0n) is 15.7. The van der Waals surface area contributed by atoms with Crippen molar-refractivity contribution in [2.24, 2.45) is 0 Å². The lowest BCUT2D eigenvalue weighted by Crippen LogP contribution is -2.06. The molecule has 0 heterocycles. The molecule has 1 unspecified atom stereocenters. The van der Waals surface area contributed by atoms with Gasteiger partial charge in [0.2, 0.25) is 0 Å². The quantitative estimate of drug-likeness (QED) is 0.145. The monoisotopic (exact) mass is 350 g/mol. The van der Waals surface area contributed by atoms with Crippen molar-refractivity contribution in [2.75, 3.05) is 7.11 Å². The predicted octanol–water partition coefficient (Wildman–Crippen LogP) is 5.21. The van der Waals surface area contributed by atoms with E-state index in [1.54, 1.807) is 6.08 Å². The van der Waals surface area contributed by atoms with Crippen LogP contribution < -0.4 is 0 Å². The van der Waals surface area contributed by atoms with E-state index in [1.165, 1.54) is 32.8 Å². The second-order valence-electron chi connectivity index (χ2n) is 5.80. The first kappa shape index (κ1) is 23.4. The van der Waals surface area contributed by atoms with Gasteiger partial charge in [-0.15, -0.1) is 0 Å². The number of hydrogen-bond donors (Lipinski definition) is 1. The van der Waals surface area contributed by atoms with Gasteiger partial charge in [-0.2, -0.15) is 4.89 Å². The summed E-state index contributed by atoms with van der Waals surface area (Å²) < 4.78 is 0. The van der Waals surface area contributed by atoms with Crippen molar-refractivity contribution in [3.63, 3.8) is 0 Å². The molecule has 4 nitrogen and oxygen atoms in total. The van der Waals surface area contributed by atoms with E-state index in [1.807, 2.05) is 18.2 Å². The number of carbonyl (C=O) groups excluding carboxylic acids is 1. The second kappa shape index (κ2) is 18.7. The minimum atomic E-state index is -0.548. The van der Waals surface area contributed by atoms with Crippen LogP contribution >= 0.6 is 0 Å². The Bertz CT molecular complexity index is 422. The van der Waals surface area contributed by atoms with E-state index in [4.69, 9.17) is 0 Å². The Labute approximate surface area is 152 Å². The molecule has 0 aromatic carbocycles. The lowest BCUT2D eigenvalue weighted by molar-refractivity contribution is -0.255. The average molecular weight is 350 g/mol. The van der Waals surface area contributed by atoms with E-state index in [2.05, 4.69) is 41.0 Å². The van der Waals surface area contributed by atoms with E-state index in [0.29, 0.717) is 12.8 Å². The Morgan fingerprint density at radius 3 is 2.44 bits per heavy atom. The molecule has 0 saturated carbocycles. The lowest BCUT2D eigenvalue weighted by Gasteiger charge is -2.03. The third kappa shape index (κ3) is 18.5. The first-order valence-electron chi connectivity index (χ1n) is 9.25.